The molecule has 0 saturated carbocycles. The second-order valence-corrected chi connectivity index (χ2v) is 12.0. The van der Waals surface area contributed by atoms with Crippen molar-refractivity contribution < 1.29 is 9.36 Å². The first kappa shape index (κ1) is 32.1. The number of nitrogens with one attached hydrogen (secondary N) is 2. The molecule has 7 heteroatoms. The van der Waals surface area contributed by atoms with Crippen molar-refractivity contribution in [2.45, 2.75) is 34.6 Å². The van der Waals surface area contributed by atoms with Crippen LogP contribution in [0.2, 0.25) is 0 Å². The maximum Gasteiger partial charge on any atom is 0.151 e. The minimum absolute atomic E-state index is 0.204. The second kappa shape index (κ2) is 15.9. The molecule has 0 heterocycles. The summed E-state index contributed by atoms with van der Waals surface area (Å²) in [5.41, 5.74) is 3.85. The average Bonchev–Trinajstić information content (AvgIpc) is 2.81. The monoisotopic (exact) mass is 515 g/mol. The summed E-state index contributed by atoms with van der Waals surface area (Å²) in [6, 6.07) is 13.6. The molecule has 0 atom stereocenters. The van der Waals surface area contributed by atoms with E-state index < -0.39 is 7.14 Å². The smallest absolute Gasteiger partial charge is 0.151 e. The van der Waals surface area contributed by atoms with Gasteiger partial charge in [0.1, 0.15) is 19.2 Å². The van der Waals surface area contributed by atoms with Crippen LogP contribution in [-0.4, -0.2) is 25.5 Å². The fraction of sp³-hybridized carbons (Fsp3) is 0.286. The molecule has 0 bridgehead atoms. The molecular formula is C28H39ClN3O2P. The molecule has 0 aromatic heterocycles. The molecule has 2 aromatic carbocycles. The van der Waals surface area contributed by atoms with E-state index in [1.54, 1.807) is 19.4 Å². The van der Waals surface area contributed by atoms with Gasteiger partial charge in [0.05, 0.1) is 5.03 Å². The highest BCUT2D eigenvalue weighted by atomic mass is 35.5. The van der Waals surface area contributed by atoms with E-state index in [-0.39, 0.29) is 5.92 Å². The van der Waals surface area contributed by atoms with E-state index in [0.29, 0.717) is 16.7 Å². The molecular weight excluding hydrogens is 477 g/mol. The van der Waals surface area contributed by atoms with Gasteiger partial charge >= 0.3 is 0 Å². The van der Waals surface area contributed by atoms with Gasteiger partial charge in [0.15, 0.2) is 5.84 Å². The molecule has 0 fully saturated rings. The Morgan fingerprint density at radius 3 is 2.03 bits per heavy atom. The van der Waals surface area contributed by atoms with Crippen LogP contribution in [0.25, 0.3) is 0 Å². The summed E-state index contributed by atoms with van der Waals surface area (Å²) in [6.07, 6.45) is 2.69. The summed E-state index contributed by atoms with van der Waals surface area (Å²) < 4.78 is 12.3. The van der Waals surface area contributed by atoms with Gasteiger partial charge in [-0.2, -0.15) is 0 Å². The molecule has 0 unspecified atom stereocenters. The third-order valence-corrected chi connectivity index (χ3v) is 6.43. The average molecular weight is 516 g/mol. The third kappa shape index (κ3) is 11.9. The fourth-order valence-corrected chi connectivity index (χ4v) is 3.59. The third-order valence-electron chi connectivity index (χ3n) is 4.51. The van der Waals surface area contributed by atoms with Crippen molar-refractivity contribution in [1.29, 1.82) is 0 Å². The van der Waals surface area contributed by atoms with E-state index >= 15 is 0 Å². The van der Waals surface area contributed by atoms with Crippen LogP contribution in [-0.2, 0) is 9.36 Å². The van der Waals surface area contributed by atoms with Crippen LogP contribution in [0.4, 0.5) is 11.4 Å². The first-order chi connectivity index (χ1) is 16.4. The van der Waals surface area contributed by atoms with Gasteiger partial charge in [-0.15, -0.1) is 13.2 Å². The number of benzene rings is 2. The Hall–Kier alpha value is -2.88. The van der Waals surface area contributed by atoms with Crippen LogP contribution in [0.5, 0.6) is 0 Å². The minimum Gasteiger partial charge on any atom is -0.340 e. The van der Waals surface area contributed by atoms with E-state index in [1.807, 2.05) is 77.1 Å². The number of nitrogens with zero attached hydrogens (tertiary/aromatic N) is 1. The van der Waals surface area contributed by atoms with Gasteiger partial charge in [-0.3, -0.25) is 0 Å². The van der Waals surface area contributed by atoms with Gasteiger partial charge in [0.25, 0.3) is 0 Å². The summed E-state index contributed by atoms with van der Waals surface area (Å²) in [5.74, 6) is 1.16. The van der Waals surface area contributed by atoms with E-state index in [9.17, 15) is 9.36 Å². The standard InChI is InChI=1S/C22H27ClN3OP.C4H8O.C2H4/c1-7-19(23)22(26-20-11-9-8-10-15(20)2)25-17(4)24-21-13-12-18(14-16(21)3)28(5,6)27;1-4(2)3-5;1-2/h7-14,24H,4H2,1-3,5-6H3,(H,25,26);3-4H,1-2H3;1-2H2/b19-7+;;. The molecule has 0 spiro atoms. The molecule has 0 saturated heterocycles. The highest BCUT2D eigenvalue weighted by Gasteiger charge is 2.13. The first-order valence-electron chi connectivity index (χ1n) is 11.2. The van der Waals surface area contributed by atoms with Gasteiger partial charge < -0.3 is 20.0 Å². The molecule has 0 aliphatic heterocycles. The topological polar surface area (TPSA) is 70.6 Å². The zero-order valence-corrected chi connectivity index (χ0v) is 23.6. The molecule has 2 rings (SSSR count). The van der Waals surface area contributed by atoms with Crippen molar-refractivity contribution in [1.82, 2.24) is 0 Å². The van der Waals surface area contributed by atoms with Gasteiger partial charge in [-0.05, 0) is 69.5 Å². The lowest BCUT2D eigenvalue weighted by Gasteiger charge is -2.15. The number of aliphatic imine (C=N–C) groups is 1. The Kier molecular flexibility index (Phi) is 14.6. The summed E-state index contributed by atoms with van der Waals surface area (Å²) in [5, 5.41) is 7.82. The van der Waals surface area contributed by atoms with Crippen molar-refractivity contribution in [3.05, 3.63) is 90.3 Å². The number of amidine groups is 1. The lowest BCUT2D eigenvalue weighted by Crippen LogP contribution is -2.15. The van der Waals surface area contributed by atoms with E-state index in [0.717, 1.165) is 34.1 Å². The summed E-state index contributed by atoms with van der Waals surface area (Å²) in [6.45, 7) is 23.1. The van der Waals surface area contributed by atoms with Crippen molar-refractivity contribution in [2.75, 3.05) is 24.0 Å². The molecule has 0 aliphatic carbocycles. The Bertz CT molecular complexity index is 1100. The number of rotatable bonds is 7. The van der Waals surface area contributed by atoms with Crippen molar-refractivity contribution in [2.24, 2.45) is 10.9 Å². The van der Waals surface area contributed by atoms with Crippen LogP contribution in [0.15, 0.2) is 84.1 Å². The molecule has 0 radical (unpaired) electrons. The largest absolute Gasteiger partial charge is 0.340 e. The van der Waals surface area contributed by atoms with Gasteiger partial charge in [0, 0.05) is 22.6 Å². The number of hydrogen-bond acceptors (Lipinski definition) is 4. The van der Waals surface area contributed by atoms with Crippen LogP contribution in [0.3, 0.4) is 0 Å². The number of halogens is 1. The normalized spacial score (nSPS) is 11.5. The zero-order valence-electron chi connectivity index (χ0n) is 22.0. The molecule has 2 N–H and O–H groups in total. The fourth-order valence-electron chi connectivity index (χ4n) is 2.56. The van der Waals surface area contributed by atoms with Gasteiger partial charge in [0.2, 0.25) is 0 Å². The van der Waals surface area contributed by atoms with Crippen LogP contribution >= 0.6 is 18.7 Å². The number of carbonyl (C=O) groups excluding carboxylic acids is 1. The molecule has 190 valence electrons. The van der Waals surface area contributed by atoms with Gasteiger partial charge in [-0.25, -0.2) is 4.99 Å². The Balaban J connectivity index is 0.00000146. The maximum absolute atomic E-state index is 12.3. The highest BCUT2D eigenvalue weighted by Crippen LogP contribution is 2.35. The second-order valence-electron chi connectivity index (χ2n) is 8.34. The highest BCUT2D eigenvalue weighted by molar-refractivity contribution is 7.70. The quantitative estimate of drug-likeness (QED) is 0.130. The SMILES string of the molecule is C=C.C=C(/N=C(Nc1ccccc1C)\C(Cl)=C/C)Nc1ccc(P(C)(C)=O)cc1C.CC(C)C=O. The van der Waals surface area contributed by atoms with Crippen LogP contribution < -0.4 is 15.9 Å². The Labute approximate surface area is 216 Å². The van der Waals surface area contributed by atoms with Crippen LogP contribution in [0, 0.1) is 19.8 Å². The minimum atomic E-state index is -2.30. The summed E-state index contributed by atoms with van der Waals surface area (Å²) in [4.78, 5) is 14.0. The van der Waals surface area contributed by atoms with E-state index in [1.165, 1.54) is 0 Å². The predicted octanol–water partition coefficient (Wildman–Crippen LogP) is 7.73. The molecule has 0 amide bonds. The van der Waals surface area contributed by atoms with Crippen molar-refractivity contribution >= 4 is 47.5 Å². The van der Waals surface area contributed by atoms with Crippen molar-refractivity contribution in [3.63, 3.8) is 0 Å². The van der Waals surface area contributed by atoms with E-state index in [2.05, 4.69) is 35.4 Å². The van der Waals surface area contributed by atoms with Gasteiger partial charge in [-0.1, -0.05) is 56.3 Å². The molecule has 0 aliphatic rings. The van der Waals surface area contributed by atoms with E-state index in [4.69, 9.17) is 11.6 Å². The summed E-state index contributed by atoms with van der Waals surface area (Å²) >= 11 is 6.35. The number of para-hydroxylation sites is 1. The Morgan fingerprint density at radius 1 is 1.03 bits per heavy atom. The van der Waals surface area contributed by atoms with Crippen LogP contribution in [0.1, 0.15) is 31.9 Å². The maximum atomic E-state index is 12.3. The molecule has 2 aromatic rings. The zero-order chi connectivity index (χ0) is 27.2. The number of aldehydes is 1. The Morgan fingerprint density at radius 2 is 1.57 bits per heavy atom. The first-order valence-corrected chi connectivity index (χ1v) is 14.2. The van der Waals surface area contributed by atoms with Crippen molar-refractivity contribution in [3.8, 4) is 0 Å². The molecule has 5 nitrogen and oxygen atoms in total. The lowest BCUT2D eigenvalue weighted by atomic mass is 10.2. The molecule has 35 heavy (non-hydrogen) atoms. The number of hydrogen-bond donors (Lipinski definition) is 2. The summed E-state index contributed by atoms with van der Waals surface area (Å²) in [7, 11) is -2.30. The lowest BCUT2D eigenvalue weighted by molar-refractivity contribution is -0.110. The predicted molar refractivity (Wildman–Crippen MR) is 157 cm³/mol. The number of anilines is 2. The number of allylic oxidation sites excluding steroid dienone is 1. The number of aryl methyl sites for hydroxylation is 2. The number of carbonyl (C=O) groups is 1.